The first kappa shape index (κ1) is 17.9. The van der Waals surface area contributed by atoms with Crippen molar-refractivity contribution in [3.8, 4) is 11.3 Å². The number of amides is 1. The number of rotatable bonds is 4. The van der Waals surface area contributed by atoms with Crippen molar-refractivity contribution in [2.75, 3.05) is 7.05 Å². The van der Waals surface area contributed by atoms with E-state index in [1.807, 2.05) is 43.3 Å². The molecule has 0 fully saturated rings. The Kier molecular flexibility index (Phi) is 4.61. The SMILES string of the molecule is C[C@@H](c1cc(-c2ccccc2)n[nH]1)N(C)C(=O)c1ccc2cccc(F)c2n1. The smallest absolute Gasteiger partial charge is 0.272 e. The number of hydrogen-bond donors (Lipinski definition) is 1. The summed E-state index contributed by atoms with van der Waals surface area (Å²) < 4.78 is 14.0. The second-order valence-corrected chi connectivity index (χ2v) is 6.67. The standard InChI is InChI=1S/C22H19FN4O/c1-14(19-13-20(26-25-19)15-7-4-3-5-8-15)27(2)22(28)18-12-11-16-9-6-10-17(23)21(16)24-18/h3-14H,1-2H3,(H,25,26)/t14-/m0/s1. The van der Waals surface area contributed by atoms with E-state index in [0.717, 1.165) is 17.0 Å². The third-order valence-electron chi connectivity index (χ3n) is 4.91. The van der Waals surface area contributed by atoms with E-state index >= 15 is 0 Å². The first-order chi connectivity index (χ1) is 13.5. The van der Waals surface area contributed by atoms with Crippen LogP contribution in [0.1, 0.15) is 29.1 Å². The number of halogens is 1. The molecule has 0 saturated heterocycles. The van der Waals surface area contributed by atoms with Crippen molar-refractivity contribution in [1.29, 1.82) is 0 Å². The first-order valence-corrected chi connectivity index (χ1v) is 8.98. The lowest BCUT2D eigenvalue weighted by Crippen LogP contribution is -2.30. The van der Waals surface area contributed by atoms with E-state index in [4.69, 9.17) is 0 Å². The predicted molar refractivity (Wildman–Crippen MR) is 106 cm³/mol. The number of aromatic amines is 1. The van der Waals surface area contributed by atoms with Crippen LogP contribution in [0.3, 0.4) is 0 Å². The Morgan fingerprint density at radius 1 is 1.07 bits per heavy atom. The van der Waals surface area contributed by atoms with Crippen LogP contribution in [0.25, 0.3) is 22.2 Å². The lowest BCUT2D eigenvalue weighted by Gasteiger charge is -2.23. The summed E-state index contributed by atoms with van der Waals surface area (Å²) in [6, 6.07) is 19.5. The normalized spacial score (nSPS) is 12.1. The molecule has 0 radical (unpaired) electrons. The number of H-pyrrole nitrogens is 1. The molecule has 1 N–H and O–H groups in total. The van der Waals surface area contributed by atoms with Crippen LogP contribution < -0.4 is 0 Å². The number of carbonyl (C=O) groups is 1. The molecule has 2 aromatic heterocycles. The van der Waals surface area contributed by atoms with Crippen molar-refractivity contribution >= 4 is 16.8 Å². The number of nitrogens with one attached hydrogen (secondary N) is 1. The number of para-hydroxylation sites is 1. The maximum atomic E-state index is 14.0. The molecule has 1 amide bonds. The molecule has 0 unspecified atom stereocenters. The maximum Gasteiger partial charge on any atom is 0.272 e. The minimum Gasteiger partial charge on any atom is -0.332 e. The molecular weight excluding hydrogens is 355 g/mol. The van der Waals surface area contributed by atoms with Crippen LogP contribution in [0, 0.1) is 5.82 Å². The molecule has 28 heavy (non-hydrogen) atoms. The van der Waals surface area contributed by atoms with Gasteiger partial charge in [-0.25, -0.2) is 9.37 Å². The molecule has 0 aliphatic rings. The minimum absolute atomic E-state index is 0.197. The van der Waals surface area contributed by atoms with Gasteiger partial charge in [0.2, 0.25) is 0 Å². The first-order valence-electron chi connectivity index (χ1n) is 8.98. The van der Waals surface area contributed by atoms with Crippen LogP contribution in [-0.4, -0.2) is 33.0 Å². The Morgan fingerprint density at radius 2 is 1.86 bits per heavy atom. The van der Waals surface area contributed by atoms with E-state index in [1.54, 1.807) is 36.2 Å². The lowest BCUT2D eigenvalue weighted by molar-refractivity contribution is 0.0734. The van der Waals surface area contributed by atoms with Crippen molar-refractivity contribution in [1.82, 2.24) is 20.1 Å². The summed E-state index contributed by atoms with van der Waals surface area (Å²) in [5, 5.41) is 8.01. The van der Waals surface area contributed by atoms with Gasteiger partial charge in [-0.3, -0.25) is 9.89 Å². The van der Waals surface area contributed by atoms with Gasteiger partial charge in [-0.05, 0) is 25.1 Å². The van der Waals surface area contributed by atoms with Gasteiger partial charge in [0.05, 0.1) is 17.4 Å². The fraction of sp³-hybridized carbons (Fsp3) is 0.136. The van der Waals surface area contributed by atoms with Gasteiger partial charge < -0.3 is 4.90 Å². The van der Waals surface area contributed by atoms with Crippen LogP contribution in [0.4, 0.5) is 4.39 Å². The molecule has 0 saturated carbocycles. The maximum absolute atomic E-state index is 14.0. The highest BCUT2D eigenvalue weighted by molar-refractivity contribution is 5.95. The monoisotopic (exact) mass is 374 g/mol. The quantitative estimate of drug-likeness (QED) is 0.568. The van der Waals surface area contributed by atoms with Gasteiger partial charge in [0, 0.05) is 18.0 Å². The Hall–Kier alpha value is -3.54. The topological polar surface area (TPSA) is 61.9 Å². The molecule has 140 valence electrons. The number of pyridine rings is 1. The van der Waals surface area contributed by atoms with E-state index in [-0.39, 0.29) is 23.2 Å². The van der Waals surface area contributed by atoms with Crippen molar-refractivity contribution in [2.45, 2.75) is 13.0 Å². The second kappa shape index (κ2) is 7.23. The third-order valence-corrected chi connectivity index (χ3v) is 4.91. The van der Waals surface area contributed by atoms with Crippen LogP contribution >= 0.6 is 0 Å². The Balaban J connectivity index is 1.59. The highest BCUT2D eigenvalue weighted by Gasteiger charge is 2.22. The number of nitrogens with zero attached hydrogens (tertiary/aromatic N) is 3. The molecule has 2 heterocycles. The van der Waals surface area contributed by atoms with Crippen molar-refractivity contribution in [3.05, 3.63) is 83.9 Å². The molecule has 4 aromatic rings. The summed E-state index contributed by atoms with van der Waals surface area (Å²) in [7, 11) is 1.70. The van der Waals surface area contributed by atoms with Gasteiger partial charge in [0.1, 0.15) is 17.0 Å². The average molecular weight is 374 g/mol. The molecule has 0 spiro atoms. The Morgan fingerprint density at radius 3 is 2.64 bits per heavy atom. The highest BCUT2D eigenvalue weighted by atomic mass is 19.1. The largest absolute Gasteiger partial charge is 0.332 e. The molecule has 0 bridgehead atoms. The number of aromatic nitrogens is 3. The van der Waals surface area contributed by atoms with Crippen LogP contribution in [0.15, 0.2) is 66.7 Å². The number of fused-ring (bicyclic) bond motifs is 1. The van der Waals surface area contributed by atoms with E-state index in [2.05, 4.69) is 15.2 Å². The average Bonchev–Trinajstić information content (AvgIpc) is 3.23. The summed E-state index contributed by atoms with van der Waals surface area (Å²) in [5.74, 6) is -0.725. The summed E-state index contributed by atoms with van der Waals surface area (Å²) in [6.07, 6.45) is 0. The minimum atomic E-state index is -0.441. The van der Waals surface area contributed by atoms with Crippen LogP contribution in [0.5, 0.6) is 0 Å². The predicted octanol–water partition coefficient (Wildman–Crippen LogP) is 4.60. The Bertz CT molecular complexity index is 1140. The molecule has 0 aliphatic carbocycles. The lowest BCUT2D eigenvalue weighted by atomic mass is 10.1. The summed E-state index contributed by atoms with van der Waals surface area (Å²) in [4.78, 5) is 18.7. The number of carbonyl (C=O) groups excluding carboxylic acids is 1. The van der Waals surface area contributed by atoms with E-state index in [1.165, 1.54) is 6.07 Å². The zero-order chi connectivity index (χ0) is 19.7. The van der Waals surface area contributed by atoms with Gasteiger partial charge in [-0.15, -0.1) is 0 Å². The van der Waals surface area contributed by atoms with Crippen molar-refractivity contribution in [3.63, 3.8) is 0 Å². The summed E-state index contributed by atoms with van der Waals surface area (Å²) in [6.45, 7) is 1.90. The Labute approximate surface area is 161 Å². The fourth-order valence-electron chi connectivity index (χ4n) is 3.10. The molecule has 0 aliphatic heterocycles. The van der Waals surface area contributed by atoms with Gasteiger partial charge in [-0.1, -0.05) is 48.5 Å². The number of benzene rings is 2. The van der Waals surface area contributed by atoms with E-state index in [9.17, 15) is 9.18 Å². The van der Waals surface area contributed by atoms with Crippen molar-refractivity contribution in [2.24, 2.45) is 0 Å². The van der Waals surface area contributed by atoms with Gasteiger partial charge in [0.15, 0.2) is 0 Å². The molecule has 5 nitrogen and oxygen atoms in total. The molecular formula is C22H19FN4O. The van der Waals surface area contributed by atoms with Gasteiger partial charge >= 0.3 is 0 Å². The summed E-state index contributed by atoms with van der Waals surface area (Å²) >= 11 is 0. The fourth-order valence-corrected chi connectivity index (χ4v) is 3.10. The molecule has 2 aromatic carbocycles. The van der Waals surface area contributed by atoms with Crippen molar-refractivity contribution < 1.29 is 9.18 Å². The highest BCUT2D eigenvalue weighted by Crippen LogP contribution is 2.24. The second-order valence-electron chi connectivity index (χ2n) is 6.67. The van der Waals surface area contributed by atoms with Gasteiger partial charge in [-0.2, -0.15) is 5.10 Å². The molecule has 4 rings (SSSR count). The van der Waals surface area contributed by atoms with Crippen LogP contribution in [-0.2, 0) is 0 Å². The van der Waals surface area contributed by atoms with Crippen LogP contribution in [0.2, 0.25) is 0 Å². The number of hydrogen-bond acceptors (Lipinski definition) is 3. The molecule has 6 heteroatoms. The third kappa shape index (κ3) is 3.24. The zero-order valence-electron chi connectivity index (χ0n) is 15.6. The van der Waals surface area contributed by atoms with Gasteiger partial charge in [0.25, 0.3) is 5.91 Å². The summed E-state index contributed by atoms with van der Waals surface area (Å²) in [5.41, 5.74) is 3.02. The van der Waals surface area contributed by atoms with E-state index in [0.29, 0.717) is 5.39 Å². The van der Waals surface area contributed by atoms with E-state index < -0.39 is 5.82 Å². The zero-order valence-corrected chi connectivity index (χ0v) is 15.6. The molecule has 1 atom stereocenters.